The van der Waals surface area contributed by atoms with Crippen LogP contribution in [0, 0.1) is 0 Å². The number of aromatic nitrogens is 2. The lowest BCUT2D eigenvalue weighted by atomic mass is 10.1. The van der Waals surface area contributed by atoms with E-state index in [1.54, 1.807) is 30.3 Å². The summed E-state index contributed by atoms with van der Waals surface area (Å²) in [6, 6.07) is 11.2. The van der Waals surface area contributed by atoms with Crippen molar-refractivity contribution in [3.63, 3.8) is 0 Å². The Bertz CT molecular complexity index is 1100. The molecule has 0 spiro atoms. The molecule has 0 aliphatic rings. The molecule has 0 aliphatic carbocycles. The van der Waals surface area contributed by atoms with Gasteiger partial charge in [-0.2, -0.15) is 4.98 Å². The fraction of sp³-hybridized carbons (Fsp3) is 0.200. The summed E-state index contributed by atoms with van der Waals surface area (Å²) in [4.78, 5) is 7.84. The van der Waals surface area contributed by atoms with Gasteiger partial charge in [0.25, 0.3) is 0 Å². The van der Waals surface area contributed by atoms with E-state index in [0.29, 0.717) is 23.1 Å². The molecule has 0 saturated carbocycles. The molecule has 3 rings (SSSR count). The third-order valence-electron chi connectivity index (χ3n) is 3.86. The molecule has 0 unspecified atom stereocenters. The highest BCUT2D eigenvalue weighted by atomic mass is 16.5. The molecule has 0 amide bonds. The van der Waals surface area contributed by atoms with E-state index < -0.39 is 14.1 Å². The molecular formula is C20H22N4O3. The van der Waals surface area contributed by atoms with Gasteiger partial charge in [0.05, 0.1) is 22.3 Å². The van der Waals surface area contributed by atoms with Crippen molar-refractivity contribution in [2.75, 3.05) is 25.5 Å². The van der Waals surface area contributed by atoms with Gasteiger partial charge in [0, 0.05) is 18.2 Å². The lowest BCUT2D eigenvalue weighted by Gasteiger charge is -2.13. The number of methoxy groups -OCH3 is 2. The molecule has 0 radical (unpaired) electrons. The third kappa shape index (κ3) is 4.58. The first-order valence-corrected chi connectivity index (χ1v) is 7.97. The lowest BCUT2D eigenvalue weighted by molar-refractivity contribution is 0.284. The zero-order valence-electron chi connectivity index (χ0n) is 20.3. The Morgan fingerprint density at radius 1 is 0.963 bits per heavy atom. The van der Waals surface area contributed by atoms with E-state index in [1.807, 2.05) is 0 Å². The second-order valence-electron chi connectivity index (χ2n) is 5.73. The minimum Gasteiger partial charge on any atom is -0.497 e. The van der Waals surface area contributed by atoms with Gasteiger partial charge in [0.15, 0.2) is 11.5 Å². The highest BCUT2D eigenvalue weighted by Gasteiger charge is 2.09. The Labute approximate surface area is 166 Å². The monoisotopic (exact) mass is 372 g/mol. The molecular weight excluding hydrogens is 344 g/mol. The highest BCUT2D eigenvalue weighted by molar-refractivity contribution is 5.48. The normalized spacial score (nSPS) is 14.7. The number of ether oxygens (including phenoxy) is 3. The molecule has 7 heteroatoms. The van der Waals surface area contributed by atoms with Crippen molar-refractivity contribution in [2.24, 2.45) is 0 Å². The summed E-state index contributed by atoms with van der Waals surface area (Å²) in [6.07, 6.45) is 1.83. The van der Waals surface area contributed by atoms with Crippen LogP contribution in [-0.2, 0) is 13.0 Å². The van der Waals surface area contributed by atoms with Crippen LogP contribution in [0.25, 0.3) is 0 Å². The van der Waals surface area contributed by atoms with Crippen LogP contribution in [0.3, 0.4) is 0 Å². The molecule has 3 aromatic rings. The molecule has 0 atom stereocenters. The van der Waals surface area contributed by atoms with E-state index in [1.165, 1.54) is 18.3 Å². The molecule has 0 fully saturated rings. The molecule has 1 heterocycles. The van der Waals surface area contributed by atoms with E-state index in [0.717, 1.165) is 0 Å². The van der Waals surface area contributed by atoms with Crippen LogP contribution in [0.5, 0.6) is 17.2 Å². The Kier molecular flexibility index (Phi) is 3.68. The first kappa shape index (κ1) is 12.0. The summed E-state index contributed by atoms with van der Waals surface area (Å²) >= 11 is 0. The fourth-order valence-corrected chi connectivity index (χ4v) is 2.47. The van der Waals surface area contributed by atoms with Crippen LogP contribution >= 0.6 is 0 Å². The van der Waals surface area contributed by atoms with Crippen LogP contribution in [0.15, 0.2) is 48.7 Å². The second-order valence-corrected chi connectivity index (χ2v) is 5.73. The number of nitrogen functional groups attached to an aromatic ring is 2. The van der Waals surface area contributed by atoms with Crippen molar-refractivity contribution in [1.82, 2.24) is 9.97 Å². The summed E-state index contributed by atoms with van der Waals surface area (Å²) in [6.45, 7) is 0.0868. The molecule has 7 nitrogen and oxygen atoms in total. The van der Waals surface area contributed by atoms with Gasteiger partial charge in [0.2, 0.25) is 5.95 Å². The van der Waals surface area contributed by atoms with Gasteiger partial charge < -0.3 is 25.7 Å². The van der Waals surface area contributed by atoms with Crippen LogP contribution < -0.4 is 25.7 Å². The van der Waals surface area contributed by atoms with Crippen molar-refractivity contribution < 1.29 is 22.4 Å². The maximum Gasteiger partial charge on any atom is 0.221 e. The minimum atomic E-state index is -2.69. The molecule has 0 bridgehead atoms. The predicted molar refractivity (Wildman–Crippen MR) is 104 cm³/mol. The number of benzene rings is 2. The van der Waals surface area contributed by atoms with Crippen LogP contribution in [0.1, 0.15) is 24.9 Å². The van der Waals surface area contributed by atoms with Gasteiger partial charge in [-0.15, -0.1) is 0 Å². The first-order valence-electron chi connectivity index (χ1n) is 11.0. The van der Waals surface area contributed by atoms with Gasteiger partial charge in [-0.1, -0.05) is 18.2 Å². The summed E-state index contributed by atoms with van der Waals surface area (Å²) in [7, 11) is -5.22. The fourth-order valence-electron chi connectivity index (χ4n) is 2.47. The van der Waals surface area contributed by atoms with Crippen LogP contribution in [0.4, 0.5) is 11.8 Å². The highest BCUT2D eigenvalue weighted by Crippen LogP contribution is 2.30. The number of nitrogens with zero attached hydrogens (tertiary/aromatic N) is 2. The minimum absolute atomic E-state index is 0.0322. The Morgan fingerprint density at radius 3 is 2.48 bits per heavy atom. The average Bonchev–Trinajstić information content (AvgIpc) is 2.68. The number of nitrogens with two attached hydrogens (primary N) is 2. The Morgan fingerprint density at radius 2 is 1.74 bits per heavy atom. The summed E-state index contributed by atoms with van der Waals surface area (Å²) < 4.78 is 59.4. The van der Waals surface area contributed by atoms with Gasteiger partial charge >= 0.3 is 0 Å². The first-order chi connectivity index (χ1) is 15.4. The molecule has 0 aliphatic heterocycles. The predicted octanol–water partition coefficient (Wildman–Crippen LogP) is 2.83. The number of rotatable bonds is 7. The smallest absolute Gasteiger partial charge is 0.221 e. The Balaban J connectivity index is 1.76. The van der Waals surface area contributed by atoms with E-state index >= 15 is 0 Å². The van der Waals surface area contributed by atoms with Gasteiger partial charge in [-0.3, -0.25) is 0 Å². The van der Waals surface area contributed by atoms with E-state index in [9.17, 15) is 0 Å². The standard InChI is InChI=1S/C20H22N4O3/c1-25-16-6-3-13(4-7-16)12-27-17-8-5-14(10-18(17)26-2)9-15-11-23-20(22)24-19(15)21/h3-8,10-11H,9,12H2,1-2H3,(H4,21,22,23,24)/i1D3,2D3. The number of anilines is 2. The van der Waals surface area contributed by atoms with E-state index in [2.05, 4.69) is 9.97 Å². The van der Waals surface area contributed by atoms with Gasteiger partial charge in [-0.05, 0) is 35.4 Å². The zero-order valence-corrected chi connectivity index (χ0v) is 14.3. The molecule has 4 N–H and O–H groups in total. The summed E-state index contributed by atoms with van der Waals surface area (Å²) in [5.74, 6) is 0.737. The van der Waals surface area contributed by atoms with Crippen molar-refractivity contribution in [2.45, 2.75) is 13.0 Å². The molecule has 140 valence electrons. The lowest BCUT2D eigenvalue weighted by Crippen LogP contribution is -2.04. The number of hydrogen-bond donors (Lipinski definition) is 2. The van der Waals surface area contributed by atoms with Crippen molar-refractivity contribution in [3.8, 4) is 17.2 Å². The summed E-state index contributed by atoms with van der Waals surface area (Å²) in [5.41, 5.74) is 13.4. The summed E-state index contributed by atoms with van der Waals surface area (Å²) in [5, 5.41) is 0. The van der Waals surface area contributed by atoms with Crippen molar-refractivity contribution in [3.05, 3.63) is 65.4 Å². The largest absolute Gasteiger partial charge is 0.497 e. The maximum atomic E-state index is 7.45. The Hall–Kier alpha value is -3.48. The van der Waals surface area contributed by atoms with Crippen LogP contribution in [0.2, 0.25) is 0 Å². The molecule has 2 aromatic carbocycles. The molecule has 0 saturated heterocycles. The molecule has 27 heavy (non-hydrogen) atoms. The van der Waals surface area contributed by atoms with Crippen molar-refractivity contribution in [1.29, 1.82) is 0 Å². The van der Waals surface area contributed by atoms with Gasteiger partial charge in [-0.25, -0.2) is 4.98 Å². The van der Waals surface area contributed by atoms with Gasteiger partial charge in [0.1, 0.15) is 18.2 Å². The van der Waals surface area contributed by atoms with E-state index in [-0.39, 0.29) is 35.6 Å². The number of hydrogen-bond acceptors (Lipinski definition) is 7. The second kappa shape index (κ2) is 8.27. The van der Waals surface area contributed by atoms with Crippen LogP contribution in [-0.4, -0.2) is 24.0 Å². The van der Waals surface area contributed by atoms with E-state index in [4.69, 9.17) is 33.9 Å². The SMILES string of the molecule is [2H]C([2H])([2H])Oc1ccc(COc2ccc(Cc3cnc(N)nc3N)cc2OC([2H])([2H])[2H])cc1. The zero-order chi connectivity index (χ0) is 24.2. The topological polar surface area (TPSA) is 106 Å². The molecule has 1 aromatic heterocycles. The van der Waals surface area contributed by atoms with Crippen molar-refractivity contribution >= 4 is 11.8 Å². The average molecular weight is 372 g/mol. The maximum absolute atomic E-state index is 7.45. The third-order valence-corrected chi connectivity index (χ3v) is 3.86. The quantitative estimate of drug-likeness (QED) is 0.657.